The molecule has 10 heteroatoms. The van der Waals surface area contributed by atoms with Gasteiger partial charge in [-0.15, -0.1) is 0 Å². The van der Waals surface area contributed by atoms with E-state index in [9.17, 15) is 4.79 Å². The van der Waals surface area contributed by atoms with E-state index in [4.69, 9.17) is 24.2 Å². The summed E-state index contributed by atoms with van der Waals surface area (Å²) in [6, 6.07) is 9.64. The zero-order chi connectivity index (χ0) is 26.6. The van der Waals surface area contributed by atoms with Crippen LogP contribution in [0.4, 0.5) is 5.82 Å². The van der Waals surface area contributed by atoms with Crippen molar-refractivity contribution in [3.05, 3.63) is 66.5 Å². The molecule has 0 aliphatic heterocycles. The number of nitrogens with zero attached hydrogens (tertiary/aromatic N) is 5. The number of hydrogen-bond donors (Lipinski definition) is 1. The first kappa shape index (κ1) is 25.1. The highest BCUT2D eigenvalue weighted by Gasteiger charge is 2.23. The van der Waals surface area contributed by atoms with Gasteiger partial charge in [-0.2, -0.15) is 0 Å². The standard InChI is InChI=1S/C28H30N6O4/c1-5-14-38-20-9-12-33-21(16-20)25(32-27(33)18(2)35)26-28(34-13-11-29-17-24(34)31-26)30-10-8-19-6-7-22(36-3)23(15-19)37-4/h6-7,9,11-13,15-17,30H,5,8,10,14H2,1-4H3. The van der Waals surface area contributed by atoms with Crippen molar-refractivity contribution in [3.63, 3.8) is 0 Å². The number of fused-ring (bicyclic) bond motifs is 2. The Morgan fingerprint density at radius 3 is 2.61 bits per heavy atom. The largest absolute Gasteiger partial charge is 0.493 e. The quantitative estimate of drug-likeness (QED) is 0.253. The number of Topliss-reactive ketones (excluding diaryl/α,β-unsaturated/α-hetero) is 1. The Balaban J connectivity index is 1.54. The summed E-state index contributed by atoms with van der Waals surface area (Å²) in [6.07, 6.45) is 8.70. The zero-order valence-corrected chi connectivity index (χ0v) is 21.9. The molecule has 4 heterocycles. The van der Waals surface area contributed by atoms with E-state index in [0.717, 1.165) is 29.7 Å². The zero-order valence-electron chi connectivity index (χ0n) is 21.9. The Hall–Kier alpha value is -4.60. The molecule has 0 radical (unpaired) electrons. The number of ether oxygens (including phenoxy) is 3. The molecule has 0 amide bonds. The van der Waals surface area contributed by atoms with Crippen molar-refractivity contribution < 1.29 is 19.0 Å². The molecule has 4 aromatic heterocycles. The highest BCUT2D eigenvalue weighted by atomic mass is 16.5. The number of carbonyl (C=O) groups is 1. The molecule has 1 aromatic carbocycles. The lowest BCUT2D eigenvalue weighted by Crippen LogP contribution is -2.08. The van der Waals surface area contributed by atoms with Gasteiger partial charge < -0.3 is 19.5 Å². The summed E-state index contributed by atoms with van der Waals surface area (Å²) in [5.74, 6) is 3.05. The number of anilines is 1. The van der Waals surface area contributed by atoms with E-state index < -0.39 is 0 Å². The molecule has 0 fully saturated rings. The first-order chi connectivity index (χ1) is 18.5. The van der Waals surface area contributed by atoms with Gasteiger partial charge in [-0.1, -0.05) is 13.0 Å². The second-order valence-electron chi connectivity index (χ2n) is 8.79. The van der Waals surface area contributed by atoms with Crippen molar-refractivity contribution in [3.8, 4) is 28.6 Å². The van der Waals surface area contributed by atoms with Gasteiger partial charge in [0.1, 0.15) is 23.0 Å². The molecule has 0 bridgehead atoms. The minimum absolute atomic E-state index is 0.137. The fraction of sp³-hybridized carbons (Fsp3) is 0.286. The second-order valence-corrected chi connectivity index (χ2v) is 8.79. The summed E-state index contributed by atoms with van der Waals surface area (Å²) < 4.78 is 20.4. The van der Waals surface area contributed by atoms with Gasteiger partial charge in [-0.25, -0.2) is 9.97 Å². The van der Waals surface area contributed by atoms with Crippen LogP contribution in [0.5, 0.6) is 17.2 Å². The van der Waals surface area contributed by atoms with E-state index in [-0.39, 0.29) is 5.78 Å². The van der Waals surface area contributed by atoms with Crippen LogP contribution in [0.2, 0.25) is 0 Å². The van der Waals surface area contributed by atoms with Crippen LogP contribution in [-0.4, -0.2) is 56.9 Å². The molecule has 5 rings (SSSR count). The lowest BCUT2D eigenvalue weighted by atomic mass is 10.1. The third kappa shape index (κ3) is 4.72. The monoisotopic (exact) mass is 514 g/mol. The number of nitrogens with one attached hydrogen (secondary N) is 1. The summed E-state index contributed by atoms with van der Waals surface area (Å²) in [5, 5.41) is 3.54. The van der Waals surface area contributed by atoms with Crippen LogP contribution in [-0.2, 0) is 6.42 Å². The number of benzene rings is 1. The van der Waals surface area contributed by atoms with Gasteiger partial charge in [-0.3, -0.25) is 18.6 Å². The lowest BCUT2D eigenvalue weighted by Gasteiger charge is -2.11. The van der Waals surface area contributed by atoms with E-state index in [1.165, 1.54) is 6.92 Å². The predicted octanol–water partition coefficient (Wildman–Crippen LogP) is 4.71. The molecule has 38 heavy (non-hydrogen) atoms. The van der Waals surface area contributed by atoms with Gasteiger partial charge in [0.2, 0.25) is 0 Å². The highest BCUT2D eigenvalue weighted by molar-refractivity contribution is 5.95. The minimum Gasteiger partial charge on any atom is -0.493 e. The molecule has 10 nitrogen and oxygen atoms in total. The second kappa shape index (κ2) is 10.8. The van der Waals surface area contributed by atoms with Crippen molar-refractivity contribution >= 4 is 22.8 Å². The summed E-state index contributed by atoms with van der Waals surface area (Å²) in [4.78, 5) is 26.3. The SMILES string of the molecule is CCCOc1ccn2c(C(C)=O)nc(-c3nc4cnccn4c3NCCc3ccc(OC)c(OC)c3)c2c1. The van der Waals surface area contributed by atoms with Crippen LogP contribution in [0.3, 0.4) is 0 Å². The summed E-state index contributed by atoms with van der Waals surface area (Å²) in [7, 11) is 3.25. The Morgan fingerprint density at radius 2 is 1.84 bits per heavy atom. The summed E-state index contributed by atoms with van der Waals surface area (Å²) >= 11 is 0. The van der Waals surface area contributed by atoms with Gasteiger partial charge in [0, 0.05) is 38.1 Å². The Morgan fingerprint density at radius 1 is 1.00 bits per heavy atom. The average Bonchev–Trinajstić information content (AvgIpc) is 3.50. The van der Waals surface area contributed by atoms with Crippen molar-refractivity contribution in [1.29, 1.82) is 0 Å². The number of carbonyl (C=O) groups excluding carboxylic acids is 1. The van der Waals surface area contributed by atoms with Crippen LogP contribution in [0.15, 0.2) is 55.1 Å². The molecule has 0 unspecified atom stereocenters. The smallest absolute Gasteiger partial charge is 0.195 e. The summed E-state index contributed by atoms with van der Waals surface area (Å²) in [6.45, 7) is 4.79. The van der Waals surface area contributed by atoms with Crippen LogP contribution in [0, 0.1) is 0 Å². The minimum atomic E-state index is -0.137. The molecule has 0 aliphatic rings. The van der Waals surface area contributed by atoms with Crippen molar-refractivity contribution in [2.75, 3.05) is 32.7 Å². The highest BCUT2D eigenvalue weighted by Crippen LogP contribution is 2.33. The predicted molar refractivity (Wildman–Crippen MR) is 145 cm³/mol. The number of rotatable bonds is 11. The summed E-state index contributed by atoms with van der Waals surface area (Å²) in [5.41, 5.74) is 3.72. The third-order valence-electron chi connectivity index (χ3n) is 6.21. The van der Waals surface area contributed by atoms with E-state index in [0.29, 0.717) is 53.3 Å². The van der Waals surface area contributed by atoms with Crippen molar-refractivity contribution in [2.24, 2.45) is 0 Å². The number of pyridine rings is 1. The maximum atomic E-state index is 12.5. The van der Waals surface area contributed by atoms with E-state index in [2.05, 4.69) is 17.2 Å². The lowest BCUT2D eigenvalue weighted by molar-refractivity contribution is 0.100. The molecule has 0 saturated heterocycles. The first-order valence-electron chi connectivity index (χ1n) is 12.5. The van der Waals surface area contributed by atoms with Gasteiger partial charge in [-0.05, 0) is 36.6 Å². The maximum Gasteiger partial charge on any atom is 0.195 e. The molecule has 5 aromatic rings. The first-order valence-corrected chi connectivity index (χ1v) is 12.5. The van der Waals surface area contributed by atoms with E-state index in [1.54, 1.807) is 31.0 Å². The molecular formula is C28H30N6O4. The topological polar surface area (TPSA) is 104 Å². The van der Waals surface area contributed by atoms with Crippen LogP contribution >= 0.6 is 0 Å². The molecule has 196 valence electrons. The molecule has 0 saturated carbocycles. The fourth-order valence-corrected chi connectivity index (χ4v) is 4.40. The van der Waals surface area contributed by atoms with Gasteiger partial charge in [0.25, 0.3) is 0 Å². The molecule has 0 aliphatic carbocycles. The number of hydrogen-bond acceptors (Lipinski definition) is 8. The Kier molecular flexibility index (Phi) is 7.12. The van der Waals surface area contributed by atoms with Gasteiger partial charge in [0.15, 0.2) is 28.8 Å². The number of methoxy groups -OCH3 is 2. The Bertz CT molecular complexity index is 1610. The van der Waals surface area contributed by atoms with E-state index in [1.807, 2.05) is 47.1 Å². The maximum absolute atomic E-state index is 12.5. The number of imidazole rings is 2. The van der Waals surface area contributed by atoms with Gasteiger partial charge >= 0.3 is 0 Å². The molecule has 0 spiro atoms. The van der Waals surface area contributed by atoms with Crippen molar-refractivity contribution in [1.82, 2.24) is 23.8 Å². The van der Waals surface area contributed by atoms with Gasteiger partial charge in [0.05, 0.1) is 32.5 Å². The third-order valence-corrected chi connectivity index (χ3v) is 6.21. The van der Waals surface area contributed by atoms with Crippen LogP contribution < -0.4 is 19.5 Å². The Labute approximate surface area is 220 Å². The molecular weight excluding hydrogens is 484 g/mol. The van der Waals surface area contributed by atoms with E-state index >= 15 is 0 Å². The van der Waals surface area contributed by atoms with Crippen molar-refractivity contribution in [2.45, 2.75) is 26.7 Å². The fourth-order valence-electron chi connectivity index (χ4n) is 4.40. The normalized spacial score (nSPS) is 11.2. The van der Waals surface area contributed by atoms with Crippen LogP contribution in [0.1, 0.15) is 36.5 Å². The average molecular weight is 515 g/mol. The molecule has 0 atom stereocenters. The number of aromatic nitrogens is 5. The molecule has 1 N–H and O–H groups in total. The van der Waals surface area contributed by atoms with Crippen LogP contribution in [0.25, 0.3) is 22.6 Å². The number of ketones is 1.